The molecule has 0 unspecified atom stereocenters. The van der Waals surface area contributed by atoms with Crippen LogP contribution in [0.15, 0.2) is 40.1 Å². The number of benzene rings is 1. The van der Waals surface area contributed by atoms with Gasteiger partial charge in [0.15, 0.2) is 5.01 Å². The molecule has 0 spiro atoms. The molecular weight excluding hydrogens is 334 g/mol. The van der Waals surface area contributed by atoms with E-state index in [-0.39, 0.29) is 17.8 Å². The normalized spacial score (nSPS) is 11.0. The predicted molar refractivity (Wildman–Crippen MR) is 89.6 cm³/mol. The Morgan fingerprint density at radius 2 is 2.09 bits per heavy atom. The molecule has 0 aliphatic heterocycles. The summed E-state index contributed by atoms with van der Waals surface area (Å²) in [5.74, 6) is -0.00858. The SMILES string of the molecule is Nc1nnc(-c2ccsc2NC(=O)c2nc3ccccc3s2)o1. The highest BCUT2D eigenvalue weighted by Gasteiger charge is 2.18. The Morgan fingerprint density at radius 3 is 2.87 bits per heavy atom. The summed E-state index contributed by atoms with van der Waals surface area (Å²) in [6, 6.07) is 9.38. The summed E-state index contributed by atoms with van der Waals surface area (Å²) in [5, 5.41) is 13.1. The van der Waals surface area contributed by atoms with Crippen molar-refractivity contribution in [3.05, 3.63) is 40.7 Å². The monoisotopic (exact) mass is 343 g/mol. The van der Waals surface area contributed by atoms with Gasteiger partial charge in [0.25, 0.3) is 11.8 Å². The van der Waals surface area contributed by atoms with E-state index < -0.39 is 0 Å². The zero-order valence-electron chi connectivity index (χ0n) is 11.5. The molecule has 23 heavy (non-hydrogen) atoms. The number of hydrogen-bond acceptors (Lipinski definition) is 8. The Bertz CT molecular complexity index is 970. The van der Waals surface area contributed by atoms with Crippen molar-refractivity contribution in [2.75, 3.05) is 11.1 Å². The molecule has 0 saturated heterocycles. The minimum atomic E-state index is -0.276. The Morgan fingerprint density at radius 1 is 1.22 bits per heavy atom. The zero-order valence-corrected chi connectivity index (χ0v) is 13.1. The van der Waals surface area contributed by atoms with E-state index in [4.69, 9.17) is 10.2 Å². The largest absolute Gasteiger partial charge is 0.403 e. The van der Waals surface area contributed by atoms with Gasteiger partial charge in [0.05, 0.1) is 15.8 Å². The Labute approximate surface area is 137 Å². The summed E-state index contributed by atoms with van der Waals surface area (Å²) in [5.41, 5.74) is 6.87. The van der Waals surface area contributed by atoms with Crippen LogP contribution in [0.1, 0.15) is 9.80 Å². The fourth-order valence-corrected chi connectivity index (χ4v) is 3.68. The van der Waals surface area contributed by atoms with Crippen molar-refractivity contribution < 1.29 is 9.21 Å². The smallest absolute Gasteiger partial charge is 0.313 e. The molecule has 0 radical (unpaired) electrons. The zero-order chi connectivity index (χ0) is 15.8. The molecule has 0 bridgehead atoms. The number of hydrogen-bond donors (Lipinski definition) is 2. The van der Waals surface area contributed by atoms with Gasteiger partial charge in [0.2, 0.25) is 0 Å². The average molecular weight is 343 g/mol. The van der Waals surface area contributed by atoms with Crippen LogP contribution < -0.4 is 11.1 Å². The van der Waals surface area contributed by atoms with Crippen molar-refractivity contribution in [2.45, 2.75) is 0 Å². The molecule has 9 heteroatoms. The number of rotatable bonds is 3. The first-order chi connectivity index (χ1) is 11.2. The van der Waals surface area contributed by atoms with Crippen molar-refractivity contribution in [3.8, 4) is 11.5 Å². The van der Waals surface area contributed by atoms with Gasteiger partial charge < -0.3 is 15.5 Å². The first-order valence-electron chi connectivity index (χ1n) is 6.54. The number of nitrogens with one attached hydrogen (secondary N) is 1. The van der Waals surface area contributed by atoms with E-state index in [9.17, 15) is 4.79 Å². The third-order valence-corrected chi connectivity index (χ3v) is 4.92. The highest BCUT2D eigenvalue weighted by molar-refractivity contribution is 7.20. The van der Waals surface area contributed by atoms with E-state index in [1.807, 2.05) is 29.6 Å². The van der Waals surface area contributed by atoms with Gasteiger partial charge >= 0.3 is 6.01 Å². The molecule has 3 aromatic heterocycles. The van der Waals surface area contributed by atoms with Gasteiger partial charge in [-0.25, -0.2) is 4.98 Å². The lowest BCUT2D eigenvalue weighted by Gasteiger charge is -2.01. The van der Waals surface area contributed by atoms with Crippen molar-refractivity contribution in [2.24, 2.45) is 0 Å². The number of anilines is 2. The van der Waals surface area contributed by atoms with Crippen LogP contribution >= 0.6 is 22.7 Å². The summed E-state index contributed by atoms with van der Waals surface area (Å²) >= 11 is 2.70. The van der Waals surface area contributed by atoms with Crippen LogP contribution in [-0.2, 0) is 0 Å². The third-order valence-electron chi connectivity index (χ3n) is 3.05. The van der Waals surface area contributed by atoms with Crippen LogP contribution in [0.5, 0.6) is 0 Å². The quantitative estimate of drug-likeness (QED) is 0.591. The van der Waals surface area contributed by atoms with E-state index in [0.717, 1.165) is 10.2 Å². The molecule has 1 amide bonds. The lowest BCUT2D eigenvalue weighted by Crippen LogP contribution is -2.10. The summed E-state index contributed by atoms with van der Waals surface area (Å²) in [7, 11) is 0. The number of thiazole rings is 1. The second-order valence-corrected chi connectivity index (χ2v) is 6.50. The standard InChI is InChI=1S/C14H9N5O2S2/c15-14-19-18-11(21-14)7-5-6-22-12(7)17-10(20)13-16-8-3-1-2-4-9(8)23-13/h1-6H,(H2,15,19)(H,17,20). The molecule has 0 saturated carbocycles. The maximum absolute atomic E-state index is 12.4. The maximum atomic E-state index is 12.4. The first-order valence-corrected chi connectivity index (χ1v) is 8.24. The number of amides is 1. The summed E-state index contributed by atoms with van der Waals surface area (Å²) in [6.45, 7) is 0. The van der Waals surface area contributed by atoms with E-state index in [1.54, 1.807) is 6.07 Å². The van der Waals surface area contributed by atoms with Gasteiger partial charge in [-0.3, -0.25) is 4.79 Å². The highest BCUT2D eigenvalue weighted by Crippen LogP contribution is 2.33. The highest BCUT2D eigenvalue weighted by atomic mass is 32.1. The van der Waals surface area contributed by atoms with Gasteiger partial charge in [-0.15, -0.1) is 27.8 Å². The van der Waals surface area contributed by atoms with Crippen LogP contribution in [0.3, 0.4) is 0 Å². The number of nitrogens with zero attached hydrogens (tertiary/aromatic N) is 3. The molecule has 4 aromatic rings. The number of nitrogens with two attached hydrogens (primary N) is 1. The van der Waals surface area contributed by atoms with Gasteiger partial charge in [0, 0.05) is 0 Å². The van der Waals surface area contributed by atoms with E-state index in [2.05, 4.69) is 20.5 Å². The Balaban J connectivity index is 1.63. The molecule has 114 valence electrons. The first kappa shape index (κ1) is 13.9. The van der Waals surface area contributed by atoms with Gasteiger partial charge in [0.1, 0.15) is 5.00 Å². The Hall–Kier alpha value is -2.78. The average Bonchev–Trinajstić information content (AvgIpc) is 3.25. The third kappa shape index (κ3) is 2.56. The molecule has 0 aliphatic carbocycles. The summed E-state index contributed by atoms with van der Waals surface area (Å²) in [6.07, 6.45) is 0. The lowest BCUT2D eigenvalue weighted by atomic mass is 10.3. The van der Waals surface area contributed by atoms with Gasteiger partial charge in [-0.1, -0.05) is 17.2 Å². The van der Waals surface area contributed by atoms with Crippen LogP contribution in [0.25, 0.3) is 21.7 Å². The van der Waals surface area contributed by atoms with E-state index in [0.29, 0.717) is 15.6 Å². The van der Waals surface area contributed by atoms with Crippen molar-refractivity contribution in [1.82, 2.24) is 15.2 Å². The van der Waals surface area contributed by atoms with E-state index in [1.165, 1.54) is 22.7 Å². The second kappa shape index (κ2) is 5.45. The molecular formula is C14H9N5O2S2. The van der Waals surface area contributed by atoms with Crippen LogP contribution in [0, 0.1) is 0 Å². The molecule has 1 aromatic carbocycles. The van der Waals surface area contributed by atoms with Crippen molar-refractivity contribution in [1.29, 1.82) is 0 Å². The predicted octanol–water partition coefficient (Wildman–Crippen LogP) is 3.24. The lowest BCUT2D eigenvalue weighted by molar-refractivity contribution is 0.102. The number of nitrogen functional groups attached to an aromatic ring is 1. The number of para-hydroxylation sites is 1. The van der Waals surface area contributed by atoms with Gasteiger partial charge in [-0.2, -0.15) is 0 Å². The molecule has 0 atom stereocenters. The molecule has 3 heterocycles. The minimum absolute atomic E-state index is 0.0188. The molecule has 0 fully saturated rings. The molecule has 4 rings (SSSR count). The minimum Gasteiger partial charge on any atom is -0.403 e. The van der Waals surface area contributed by atoms with Crippen molar-refractivity contribution >= 4 is 49.8 Å². The number of thiophene rings is 1. The van der Waals surface area contributed by atoms with Crippen LogP contribution in [-0.4, -0.2) is 21.1 Å². The van der Waals surface area contributed by atoms with Crippen LogP contribution in [0.2, 0.25) is 0 Å². The molecule has 0 aliphatic rings. The number of carbonyl (C=O) groups is 1. The maximum Gasteiger partial charge on any atom is 0.313 e. The summed E-state index contributed by atoms with van der Waals surface area (Å²) in [4.78, 5) is 16.8. The molecule has 7 nitrogen and oxygen atoms in total. The van der Waals surface area contributed by atoms with Crippen LogP contribution in [0.4, 0.5) is 11.0 Å². The summed E-state index contributed by atoms with van der Waals surface area (Å²) < 4.78 is 6.17. The molecule has 3 N–H and O–H groups in total. The number of aromatic nitrogens is 3. The Kier molecular flexibility index (Phi) is 3.28. The van der Waals surface area contributed by atoms with Crippen molar-refractivity contribution in [3.63, 3.8) is 0 Å². The van der Waals surface area contributed by atoms with Gasteiger partial charge in [-0.05, 0) is 23.6 Å². The fraction of sp³-hybridized carbons (Fsp3) is 0. The van der Waals surface area contributed by atoms with E-state index >= 15 is 0 Å². The number of fused-ring (bicyclic) bond motifs is 1. The topological polar surface area (TPSA) is 107 Å². The fourth-order valence-electron chi connectivity index (χ4n) is 2.04. The second-order valence-electron chi connectivity index (χ2n) is 4.55. The number of carbonyl (C=O) groups excluding carboxylic acids is 1.